The van der Waals surface area contributed by atoms with Crippen LogP contribution in [-0.4, -0.2) is 16.1 Å². The van der Waals surface area contributed by atoms with Crippen molar-refractivity contribution in [2.45, 2.75) is 31.8 Å². The van der Waals surface area contributed by atoms with Gasteiger partial charge in [-0.25, -0.2) is 13.8 Å². The van der Waals surface area contributed by atoms with Crippen molar-refractivity contribution in [3.63, 3.8) is 0 Å². The zero-order valence-electron chi connectivity index (χ0n) is 11.1. The first-order chi connectivity index (χ1) is 9.74. The van der Waals surface area contributed by atoms with Crippen LogP contribution in [0.5, 0.6) is 0 Å². The van der Waals surface area contributed by atoms with Gasteiger partial charge in [-0.05, 0) is 37.1 Å². The lowest BCUT2D eigenvalue weighted by molar-refractivity contribution is 0.395. The minimum atomic E-state index is -0.812. The maximum absolute atomic E-state index is 13.3. The van der Waals surface area contributed by atoms with Crippen molar-refractivity contribution in [2.75, 3.05) is 6.54 Å². The molecule has 0 amide bonds. The zero-order valence-corrected chi connectivity index (χ0v) is 11.1. The van der Waals surface area contributed by atoms with Crippen molar-refractivity contribution >= 4 is 0 Å². The summed E-state index contributed by atoms with van der Waals surface area (Å²) in [4.78, 5) is 4.19. The van der Waals surface area contributed by atoms with Crippen LogP contribution in [0.15, 0.2) is 30.7 Å². The molecule has 0 aliphatic carbocycles. The second-order valence-electron chi connectivity index (χ2n) is 5.20. The highest BCUT2D eigenvalue weighted by molar-refractivity contribution is 5.19. The minimum absolute atomic E-state index is 0.302. The predicted octanol–water partition coefficient (Wildman–Crippen LogP) is 3.02. The highest BCUT2D eigenvalue weighted by atomic mass is 19.2. The van der Waals surface area contributed by atoms with Crippen LogP contribution in [0.4, 0.5) is 8.78 Å². The van der Waals surface area contributed by atoms with Crippen LogP contribution in [0.25, 0.3) is 0 Å². The van der Waals surface area contributed by atoms with Crippen LogP contribution in [0.2, 0.25) is 0 Å². The van der Waals surface area contributed by atoms with Crippen LogP contribution in [0, 0.1) is 11.6 Å². The molecule has 0 radical (unpaired) electrons. The maximum Gasteiger partial charge on any atom is 0.159 e. The van der Waals surface area contributed by atoms with Gasteiger partial charge in [0.25, 0.3) is 0 Å². The number of hydrogen-bond acceptors (Lipinski definition) is 2. The zero-order chi connectivity index (χ0) is 13.9. The second-order valence-corrected chi connectivity index (χ2v) is 5.20. The Kier molecular flexibility index (Phi) is 3.78. The largest absolute Gasteiger partial charge is 0.329 e. The summed E-state index contributed by atoms with van der Waals surface area (Å²) in [5.74, 6) is -1.62. The molecule has 0 spiro atoms. The number of nitrogens with one attached hydrogen (secondary N) is 1. The summed E-state index contributed by atoms with van der Waals surface area (Å²) < 4.78 is 28.2. The van der Waals surface area contributed by atoms with Gasteiger partial charge in [0, 0.05) is 18.8 Å². The lowest BCUT2D eigenvalue weighted by atomic mass is 10.0. The Morgan fingerprint density at radius 1 is 1.25 bits per heavy atom. The number of halogens is 2. The number of imidazole rings is 1. The molecule has 2 aromatic rings. The van der Waals surface area contributed by atoms with Crippen molar-refractivity contribution < 1.29 is 8.78 Å². The van der Waals surface area contributed by atoms with E-state index in [1.54, 1.807) is 12.4 Å². The van der Waals surface area contributed by atoms with E-state index < -0.39 is 11.6 Å². The van der Waals surface area contributed by atoms with E-state index in [4.69, 9.17) is 0 Å². The van der Waals surface area contributed by atoms with Crippen molar-refractivity contribution in [2.24, 2.45) is 0 Å². The molecule has 0 saturated carbocycles. The smallest absolute Gasteiger partial charge is 0.159 e. The number of rotatable bonds is 3. The third-order valence-electron chi connectivity index (χ3n) is 3.75. The number of aromatic nitrogens is 2. The molecule has 1 aliphatic rings. The van der Waals surface area contributed by atoms with E-state index in [0.717, 1.165) is 24.2 Å². The summed E-state index contributed by atoms with van der Waals surface area (Å²) >= 11 is 0. The molecule has 1 fully saturated rings. The minimum Gasteiger partial charge on any atom is -0.329 e. The van der Waals surface area contributed by atoms with Crippen LogP contribution in [0.1, 0.15) is 36.6 Å². The van der Waals surface area contributed by atoms with E-state index in [0.29, 0.717) is 12.6 Å². The third-order valence-corrected chi connectivity index (χ3v) is 3.75. The van der Waals surface area contributed by atoms with Crippen molar-refractivity contribution in [3.05, 3.63) is 53.6 Å². The van der Waals surface area contributed by atoms with Gasteiger partial charge in [-0.2, -0.15) is 0 Å². The molecule has 3 rings (SSSR count). The van der Waals surface area contributed by atoms with E-state index in [9.17, 15) is 8.78 Å². The molecule has 1 atom stereocenters. The highest BCUT2D eigenvalue weighted by Gasteiger charge is 2.18. The molecule has 1 aromatic carbocycles. The van der Waals surface area contributed by atoms with Crippen molar-refractivity contribution in [1.82, 2.24) is 14.9 Å². The lowest BCUT2D eigenvalue weighted by Gasteiger charge is -2.24. The van der Waals surface area contributed by atoms with Gasteiger partial charge in [-0.15, -0.1) is 0 Å². The second kappa shape index (κ2) is 5.71. The van der Waals surface area contributed by atoms with Gasteiger partial charge in [0.2, 0.25) is 0 Å². The Labute approximate surface area is 116 Å². The Balaban J connectivity index is 1.80. The molecule has 2 heterocycles. The van der Waals surface area contributed by atoms with E-state index >= 15 is 0 Å². The van der Waals surface area contributed by atoms with Crippen LogP contribution in [-0.2, 0) is 6.54 Å². The normalized spacial score (nSPS) is 19.2. The Bertz CT molecular complexity index is 589. The Morgan fingerprint density at radius 2 is 2.15 bits per heavy atom. The SMILES string of the molecule is Fc1ccc(Cn2cncc2C2CCCCN2)cc1F. The van der Waals surface area contributed by atoms with Gasteiger partial charge in [-0.3, -0.25) is 0 Å². The summed E-state index contributed by atoms with van der Waals surface area (Å²) in [6, 6.07) is 4.32. The molecular formula is C15H17F2N3. The summed E-state index contributed by atoms with van der Waals surface area (Å²) in [5, 5.41) is 3.47. The van der Waals surface area contributed by atoms with Crippen LogP contribution >= 0.6 is 0 Å². The monoisotopic (exact) mass is 277 g/mol. The number of benzene rings is 1. The first kappa shape index (κ1) is 13.2. The van der Waals surface area contributed by atoms with Gasteiger partial charge >= 0.3 is 0 Å². The van der Waals surface area contributed by atoms with E-state index in [1.165, 1.54) is 25.0 Å². The van der Waals surface area contributed by atoms with Crippen molar-refractivity contribution in [3.8, 4) is 0 Å². The fourth-order valence-corrected chi connectivity index (χ4v) is 2.69. The maximum atomic E-state index is 13.3. The number of piperidine rings is 1. The van der Waals surface area contributed by atoms with Crippen molar-refractivity contribution in [1.29, 1.82) is 0 Å². The fraction of sp³-hybridized carbons (Fsp3) is 0.400. The standard InChI is InChI=1S/C15H17F2N3/c16-12-5-4-11(7-13(12)17)9-20-10-18-8-15(20)14-3-1-2-6-19-14/h4-5,7-8,10,14,19H,1-3,6,9H2. The molecule has 1 aliphatic heterocycles. The van der Waals surface area contributed by atoms with Gasteiger partial charge in [0.05, 0.1) is 12.0 Å². The third kappa shape index (κ3) is 2.72. The Morgan fingerprint density at radius 3 is 2.90 bits per heavy atom. The summed E-state index contributed by atoms with van der Waals surface area (Å²) in [5.41, 5.74) is 1.84. The average Bonchev–Trinajstić information content (AvgIpc) is 2.92. The first-order valence-corrected chi connectivity index (χ1v) is 6.91. The molecule has 5 heteroatoms. The molecule has 1 N–H and O–H groups in total. The Hall–Kier alpha value is -1.75. The fourth-order valence-electron chi connectivity index (χ4n) is 2.69. The molecule has 106 valence electrons. The van der Waals surface area contributed by atoms with Crippen LogP contribution in [0.3, 0.4) is 0 Å². The topological polar surface area (TPSA) is 29.9 Å². The molecule has 1 aromatic heterocycles. The molecular weight excluding hydrogens is 260 g/mol. The highest BCUT2D eigenvalue weighted by Crippen LogP contribution is 2.23. The predicted molar refractivity (Wildman–Crippen MR) is 72.3 cm³/mol. The quantitative estimate of drug-likeness (QED) is 0.934. The average molecular weight is 277 g/mol. The van der Waals surface area contributed by atoms with E-state index in [2.05, 4.69) is 10.3 Å². The summed E-state index contributed by atoms with van der Waals surface area (Å²) in [6.45, 7) is 1.52. The van der Waals surface area contributed by atoms with Gasteiger partial charge < -0.3 is 9.88 Å². The van der Waals surface area contributed by atoms with Crippen LogP contribution < -0.4 is 5.32 Å². The summed E-state index contributed by atoms with van der Waals surface area (Å²) in [7, 11) is 0. The number of hydrogen-bond donors (Lipinski definition) is 1. The molecule has 3 nitrogen and oxygen atoms in total. The van der Waals surface area contributed by atoms with Gasteiger partial charge in [-0.1, -0.05) is 12.5 Å². The van der Waals surface area contributed by atoms with Gasteiger partial charge in [0.15, 0.2) is 11.6 Å². The molecule has 1 saturated heterocycles. The first-order valence-electron chi connectivity index (χ1n) is 6.91. The molecule has 0 bridgehead atoms. The van der Waals surface area contributed by atoms with E-state index in [-0.39, 0.29) is 0 Å². The molecule has 20 heavy (non-hydrogen) atoms. The van der Waals surface area contributed by atoms with E-state index in [1.807, 2.05) is 10.8 Å². The lowest BCUT2D eigenvalue weighted by Crippen LogP contribution is -2.28. The number of nitrogens with zero attached hydrogens (tertiary/aromatic N) is 2. The summed E-state index contributed by atoms with van der Waals surface area (Å²) in [6.07, 6.45) is 7.08. The van der Waals surface area contributed by atoms with Gasteiger partial charge in [0.1, 0.15) is 0 Å². The molecule has 1 unspecified atom stereocenters.